The molecule has 1 heterocycles. The second kappa shape index (κ2) is 5.31. The molecule has 2 aliphatic rings. The van der Waals surface area contributed by atoms with E-state index in [-0.39, 0.29) is 18.6 Å². The van der Waals surface area contributed by atoms with Gasteiger partial charge in [0.2, 0.25) is 5.91 Å². The predicted molar refractivity (Wildman–Crippen MR) is 73.9 cm³/mol. The van der Waals surface area contributed by atoms with Crippen LogP contribution in [-0.2, 0) is 11.4 Å². The Bertz CT molecular complexity index is 454. The zero-order valence-electron chi connectivity index (χ0n) is 11.0. The molecule has 1 amide bonds. The lowest BCUT2D eigenvalue weighted by atomic mass is 10.0. The van der Waals surface area contributed by atoms with Gasteiger partial charge in [0.1, 0.15) is 0 Å². The van der Waals surface area contributed by atoms with Gasteiger partial charge in [-0.3, -0.25) is 4.79 Å². The number of hydrogen-bond donors (Lipinski definition) is 2. The molecule has 0 aromatic heterocycles. The molecule has 1 saturated carbocycles. The van der Waals surface area contributed by atoms with Gasteiger partial charge in [-0.1, -0.05) is 12.1 Å². The van der Waals surface area contributed by atoms with Crippen LogP contribution in [-0.4, -0.2) is 29.6 Å². The maximum atomic E-state index is 12.5. The highest BCUT2D eigenvalue weighted by atomic mass is 16.3. The van der Waals surface area contributed by atoms with E-state index in [1.54, 1.807) is 0 Å². The summed E-state index contributed by atoms with van der Waals surface area (Å²) in [5.74, 6) is 0.190. The highest BCUT2D eigenvalue weighted by molar-refractivity contribution is 5.98. The first-order valence-corrected chi connectivity index (χ1v) is 7.05. The van der Waals surface area contributed by atoms with Gasteiger partial charge in [0, 0.05) is 18.3 Å². The molecule has 1 unspecified atom stereocenters. The average molecular weight is 260 g/mol. The lowest BCUT2D eigenvalue weighted by Gasteiger charge is -2.33. The van der Waals surface area contributed by atoms with Gasteiger partial charge >= 0.3 is 0 Å². The minimum Gasteiger partial charge on any atom is -0.392 e. The summed E-state index contributed by atoms with van der Waals surface area (Å²) in [6, 6.07) is 8.14. The standard InChI is InChI=1S/C15H20N2O2/c18-10-11-3-7-13(8-4-11)17-9-1-2-14(15(17)19)16-12-5-6-12/h3-4,7-8,12,14,16,18H,1-2,5-6,9-10H2. The van der Waals surface area contributed by atoms with Crippen LogP contribution in [0.2, 0.25) is 0 Å². The van der Waals surface area contributed by atoms with Crippen molar-refractivity contribution >= 4 is 11.6 Å². The number of carbonyl (C=O) groups is 1. The Morgan fingerprint density at radius 2 is 1.95 bits per heavy atom. The van der Waals surface area contributed by atoms with Gasteiger partial charge in [-0.2, -0.15) is 0 Å². The number of anilines is 1. The molecule has 1 aromatic carbocycles. The Morgan fingerprint density at radius 1 is 1.21 bits per heavy atom. The number of rotatable bonds is 4. The van der Waals surface area contributed by atoms with Crippen molar-refractivity contribution in [2.24, 2.45) is 0 Å². The highest BCUT2D eigenvalue weighted by Gasteiger charge is 2.33. The van der Waals surface area contributed by atoms with Crippen molar-refractivity contribution in [3.05, 3.63) is 29.8 Å². The van der Waals surface area contributed by atoms with Crippen molar-refractivity contribution < 1.29 is 9.90 Å². The topological polar surface area (TPSA) is 52.6 Å². The number of piperidine rings is 1. The van der Waals surface area contributed by atoms with Gasteiger partial charge in [-0.15, -0.1) is 0 Å². The summed E-state index contributed by atoms with van der Waals surface area (Å²) in [5, 5.41) is 12.5. The fourth-order valence-corrected chi connectivity index (χ4v) is 2.60. The van der Waals surface area contributed by atoms with Crippen LogP contribution in [0.25, 0.3) is 0 Å². The van der Waals surface area contributed by atoms with Crippen LogP contribution in [0.1, 0.15) is 31.2 Å². The number of nitrogens with zero attached hydrogens (tertiary/aromatic N) is 1. The molecule has 2 fully saturated rings. The molecule has 19 heavy (non-hydrogen) atoms. The molecule has 0 spiro atoms. The highest BCUT2D eigenvalue weighted by Crippen LogP contribution is 2.25. The normalized spacial score (nSPS) is 23.7. The van der Waals surface area contributed by atoms with E-state index in [9.17, 15) is 4.79 Å². The van der Waals surface area contributed by atoms with Crippen molar-refractivity contribution in [3.63, 3.8) is 0 Å². The van der Waals surface area contributed by atoms with Crippen molar-refractivity contribution in [2.75, 3.05) is 11.4 Å². The summed E-state index contributed by atoms with van der Waals surface area (Å²) < 4.78 is 0. The summed E-state index contributed by atoms with van der Waals surface area (Å²) >= 11 is 0. The number of carbonyl (C=O) groups excluding carboxylic acids is 1. The Balaban J connectivity index is 1.72. The van der Waals surface area contributed by atoms with Crippen LogP contribution in [0.5, 0.6) is 0 Å². The number of benzene rings is 1. The second-order valence-corrected chi connectivity index (χ2v) is 5.45. The zero-order chi connectivity index (χ0) is 13.2. The van der Waals surface area contributed by atoms with Gasteiger partial charge in [-0.05, 0) is 43.4 Å². The number of aliphatic hydroxyl groups is 1. The maximum Gasteiger partial charge on any atom is 0.244 e. The number of aliphatic hydroxyl groups excluding tert-OH is 1. The predicted octanol–water partition coefficient (Wildman–Crippen LogP) is 1.43. The van der Waals surface area contributed by atoms with Gasteiger partial charge in [0.05, 0.1) is 12.6 Å². The molecule has 4 nitrogen and oxygen atoms in total. The monoisotopic (exact) mass is 260 g/mol. The Labute approximate surface area is 113 Å². The summed E-state index contributed by atoms with van der Waals surface area (Å²) in [6.45, 7) is 0.834. The van der Waals surface area contributed by atoms with E-state index >= 15 is 0 Å². The summed E-state index contributed by atoms with van der Waals surface area (Å²) in [7, 11) is 0. The molecule has 1 aliphatic carbocycles. The first kappa shape index (κ1) is 12.6. The van der Waals surface area contributed by atoms with Gasteiger partial charge in [0.25, 0.3) is 0 Å². The van der Waals surface area contributed by atoms with Crippen molar-refractivity contribution in [3.8, 4) is 0 Å². The van der Waals surface area contributed by atoms with E-state index in [1.807, 2.05) is 29.2 Å². The Hall–Kier alpha value is -1.39. The quantitative estimate of drug-likeness (QED) is 0.861. The molecule has 1 aromatic rings. The van der Waals surface area contributed by atoms with Gasteiger partial charge in [-0.25, -0.2) is 0 Å². The zero-order valence-corrected chi connectivity index (χ0v) is 11.0. The van der Waals surface area contributed by atoms with Gasteiger partial charge in [0.15, 0.2) is 0 Å². The second-order valence-electron chi connectivity index (χ2n) is 5.45. The van der Waals surface area contributed by atoms with E-state index in [0.717, 1.165) is 30.6 Å². The molecule has 3 rings (SSSR count). The van der Waals surface area contributed by atoms with Crippen LogP contribution in [0.15, 0.2) is 24.3 Å². The lowest BCUT2D eigenvalue weighted by molar-refractivity contribution is -0.121. The largest absolute Gasteiger partial charge is 0.392 e. The molecule has 0 radical (unpaired) electrons. The minimum atomic E-state index is -0.0150. The van der Waals surface area contributed by atoms with E-state index < -0.39 is 0 Å². The summed E-state index contributed by atoms with van der Waals surface area (Å²) in [6.07, 6.45) is 4.39. The third-order valence-corrected chi connectivity index (χ3v) is 3.88. The van der Waals surface area contributed by atoms with Crippen molar-refractivity contribution in [2.45, 2.75) is 44.4 Å². The molecule has 4 heteroatoms. The fraction of sp³-hybridized carbons (Fsp3) is 0.533. The van der Waals surface area contributed by atoms with Crippen molar-refractivity contribution in [1.29, 1.82) is 0 Å². The first-order chi connectivity index (χ1) is 9.28. The average Bonchev–Trinajstić information content (AvgIpc) is 3.25. The van der Waals surface area contributed by atoms with E-state index in [0.29, 0.717) is 6.04 Å². The van der Waals surface area contributed by atoms with Crippen molar-refractivity contribution in [1.82, 2.24) is 5.32 Å². The smallest absolute Gasteiger partial charge is 0.244 e. The first-order valence-electron chi connectivity index (χ1n) is 7.05. The Morgan fingerprint density at radius 3 is 2.58 bits per heavy atom. The molecule has 1 atom stereocenters. The van der Waals surface area contributed by atoms with E-state index in [2.05, 4.69) is 5.32 Å². The number of hydrogen-bond acceptors (Lipinski definition) is 3. The number of nitrogens with one attached hydrogen (secondary N) is 1. The summed E-state index contributed by atoms with van der Waals surface area (Å²) in [4.78, 5) is 14.3. The SMILES string of the molecule is O=C1C(NC2CC2)CCCN1c1ccc(CO)cc1. The molecule has 0 bridgehead atoms. The third kappa shape index (κ3) is 2.80. The molecular formula is C15H20N2O2. The summed E-state index contributed by atoms with van der Waals surface area (Å²) in [5.41, 5.74) is 1.81. The molecule has 1 aliphatic heterocycles. The fourth-order valence-electron chi connectivity index (χ4n) is 2.60. The Kier molecular flexibility index (Phi) is 3.53. The van der Waals surface area contributed by atoms with Gasteiger partial charge < -0.3 is 15.3 Å². The number of amides is 1. The van der Waals surface area contributed by atoms with Crippen LogP contribution in [0.3, 0.4) is 0 Å². The van der Waals surface area contributed by atoms with E-state index in [4.69, 9.17) is 5.11 Å². The minimum absolute atomic E-state index is 0.0150. The maximum absolute atomic E-state index is 12.5. The molecule has 102 valence electrons. The lowest BCUT2D eigenvalue weighted by Crippen LogP contribution is -2.51. The molecule has 2 N–H and O–H groups in total. The van der Waals surface area contributed by atoms with Crippen LogP contribution in [0.4, 0.5) is 5.69 Å². The van der Waals surface area contributed by atoms with E-state index in [1.165, 1.54) is 12.8 Å². The van der Waals surface area contributed by atoms with Crippen LogP contribution < -0.4 is 10.2 Å². The van der Waals surface area contributed by atoms with Crippen LogP contribution in [0, 0.1) is 0 Å². The molecular weight excluding hydrogens is 240 g/mol. The third-order valence-electron chi connectivity index (χ3n) is 3.88. The van der Waals surface area contributed by atoms with Crippen LogP contribution >= 0.6 is 0 Å². The molecule has 1 saturated heterocycles.